The van der Waals surface area contributed by atoms with E-state index in [2.05, 4.69) is 26.1 Å². The van der Waals surface area contributed by atoms with Crippen LogP contribution in [0.25, 0.3) is 11.3 Å². The molecular weight excluding hydrogens is 513 g/mol. The molecule has 0 unspecified atom stereocenters. The van der Waals surface area contributed by atoms with Crippen molar-refractivity contribution in [2.45, 2.75) is 16.1 Å². The molecule has 5 rings (SSSR count). The van der Waals surface area contributed by atoms with E-state index in [9.17, 15) is 18.0 Å². The number of carbonyl (C=O) groups excluding carboxylic acids is 1. The van der Waals surface area contributed by atoms with Crippen LogP contribution in [0.4, 0.5) is 18.9 Å². The molecule has 2 aromatic heterocycles. The van der Waals surface area contributed by atoms with E-state index >= 15 is 0 Å². The summed E-state index contributed by atoms with van der Waals surface area (Å²) in [7, 11) is 0. The van der Waals surface area contributed by atoms with E-state index in [4.69, 9.17) is 0 Å². The Hall–Kier alpha value is -1.98. The van der Waals surface area contributed by atoms with Gasteiger partial charge in [0.05, 0.1) is 19.3 Å². The highest BCUT2D eigenvalue weighted by atomic mass is 79.9. The fourth-order valence-electron chi connectivity index (χ4n) is 3.87. The molecule has 1 saturated heterocycles. The molecule has 0 saturated carbocycles. The number of aromatic nitrogens is 2. The SMILES string of the molecule is O=C(c1[nH]nc2c1CSc1sc(Br)cc1-2)N1CCN(c2cccc(C(F)(F)F)c2)CC1. The van der Waals surface area contributed by atoms with Crippen molar-refractivity contribution in [2.75, 3.05) is 31.1 Å². The molecule has 2 aliphatic rings. The molecule has 0 spiro atoms. The Bertz CT molecular complexity index is 1150. The van der Waals surface area contributed by atoms with Gasteiger partial charge in [-0.25, -0.2) is 0 Å². The minimum Gasteiger partial charge on any atom is -0.368 e. The van der Waals surface area contributed by atoms with Gasteiger partial charge in [-0.05, 0) is 40.2 Å². The van der Waals surface area contributed by atoms with E-state index in [1.54, 1.807) is 34.1 Å². The zero-order chi connectivity index (χ0) is 21.8. The number of thioether (sulfide) groups is 1. The number of aromatic amines is 1. The summed E-state index contributed by atoms with van der Waals surface area (Å²) >= 11 is 6.86. The summed E-state index contributed by atoms with van der Waals surface area (Å²) in [5.74, 6) is 0.563. The van der Waals surface area contributed by atoms with Gasteiger partial charge in [0.2, 0.25) is 0 Å². The Morgan fingerprint density at radius 1 is 1.16 bits per heavy atom. The summed E-state index contributed by atoms with van der Waals surface area (Å²) < 4.78 is 41.2. The second-order valence-corrected chi connectivity index (χ2v) is 11.0. The standard InChI is InChI=1S/C20H16BrF3N4OS2/c21-15-9-13-16-14(10-30-19(13)31-15)17(26-25-16)18(29)28-6-4-27(5-7-28)12-3-1-2-11(8-12)20(22,23)24/h1-3,8-9H,4-7,10H2,(H,25,26). The third-order valence-corrected chi connectivity index (χ3v) is 8.41. The number of H-pyrrole nitrogens is 1. The largest absolute Gasteiger partial charge is 0.416 e. The third kappa shape index (κ3) is 3.87. The summed E-state index contributed by atoms with van der Waals surface area (Å²) in [6.07, 6.45) is -4.37. The molecular formula is C20H16BrF3N4OS2. The van der Waals surface area contributed by atoms with E-state index in [1.807, 2.05) is 11.0 Å². The maximum atomic E-state index is 13.2. The number of halogens is 4. The Kier molecular flexibility index (Phi) is 5.30. The first-order valence-corrected chi connectivity index (χ1v) is 12.1. The molecule has 0 radical (unpaired) electrons. The van der Waals surface area contributed by atoms with Gasteiger partial charge in [-0.15, -0.1) is 23.1 Å². The number of rotatable bonds is 2. The number of anilines is 1. The summed E-state index contributed by atoms with van der Waals surface area (Å²) in [6, 6.07) is 7.34. The number of alkyl halides is 3. The number of benzene rings is 1. The van der Waals surface area contributed by atoms with Crippen LogP contribution in [-0.2, 0) is 11.9 Å². The molecule has 3 aromatic rings. The first-order chi connectivity index (χ1) is 14.8. The minimum atomic E-state index is -4.37. The number of nitrogens with zero attached hydrogens (tertiary/aromatic N) is 3. The van der Waals surface area contributed by atoms with Crippen LogP contribution in [0.2, 0.25) is 0 Å². The van der Waals surface area contributed by atoms with Crippen LogP contribution >= 0.6 is 39.0 Å². The molecule has 11 heteroatoms. The van der Waals surface area contributed by atoms with Crippen molar-refractivity contribution in [1.29, 1.82) is 0 Å². The number of hydrogen-bond acceptors (Lipinski definition) is 5. The van der Waals surface area contributed by atoms with E-state index in [0.29, 0.717) is 43.3 Å². The highest BCUT2D eigenvalue weighted by Crippen LogP contribution is 2.47. The Labute approximate surface area is 192 Å². The number of fused-ring (bicyclic) bond motifs is 3. The summed E-state index contributed by atoms with van der Waals surface area (Å²) in [5.41, 5.74) is 3.13. The van der Waals surface area contributed by atoms with E-state index in [0.717, 1.165) is 32.7 Å². The predicted molar refractivity (Wildman–Crippen MR) is 119 cm³/mol. The van der Waals surface area contributed by atoms with Gasteiger partial charge >= 0.3 is 6.18 Å². The van der Waals surface area contributed by atoms with Crippen molar-refractivity contribution in [2.24, 2.45) is 0 Å². The fourth-order valence-corrected chi connectivity index (χ4v) is 7.07. The molecule has 162 valence electrons. The Morgan fingerprint density at radius 3 is 2.68 bits per heavy atom. The van der Waals surface area contributed by atoms with Gasteiger partial charge in [0.25, 0.3) is 5.91 Å². The van der Waals surface area contributed by atoms with Gasteiger partial charge in [0.15, 0.2) is 0 Å². The van der Waals surface area contributed by atoms with Crippen LogP contribution in [0.3, 0.4) is 0 Å². The molecule has 0 atom stereocenters. The number of piperazine rings is 1. The highest BCUT2D eigenvalue weighted by molar-refractivity contribution is 9.11. The van der Waals surface area contributed by atoms with Gasteiger partial charge < -0.3 is 9.80 Å². The quantitative estimate of drug-likeness (QED) is 0.478. The van der Waals surface area contributed by atoms with Gasteiger partial charge in [-0.2, -0.15) is 18.3 Å². The van der Waals surface area contributed by atoms with Crippen molar-refractivity contribution < 1.29 is 18.0 Å². The van der Waals surface area contributed by atoms with Crippen molar-refractivity contribution in [1.82, 2.24) is 15.1 Å². The lowest BCUT2D eigenvalue weighted by Gasteiger charge is -2.36. The van der Waals surface area contributed by atoms with Gasteiger partial charge in [-0.1, -0.05) is 6.07 Å². The molecule has 1 aromatic carbocycles. The van der Waals surface area contributed by atoms with Crippen LogP contribution in [0.1, 0.15) is 21.6 Å². The molecule has 31 heavy (non-hydrogen) atoms. The number of nitrogens with one attached hydrogen (secondary N) is 1. The Morgan fingerprint density at radius 2 is 1.94 bits per heavy atom. The summed E-state index contributed by atoms with van der Waals surface area (Å²) in [5, 5.41) is 7.33. The lowest BCUT2D eigenvalue weighted by Crippen LogP contribution is -2.49. The van der Waals surface area contributed by atoms with Crippen molar-refractivity contribution >= 4 is 50.6 Å². The molecule has 2 aliphatic heterocycles. The maximum absolute atomic E-state index is 13.2. The normalized spacial score (nSPS) is 16.3. The van der Waals surface area contributed by atoms with E-state index in [-0.39, 0.29) is 5.91 Å². The van der Waals surface area contributed by atoms with Crippen molar-refractivity contribution in [3.8, 4) is 11.3 Å². The molecule has 1 fully saturated rings. The maximum Gasteiger partial charge on any atom is 0.416 e. The molecule has 5 nitrogen and oxygen atoms in total. The van der Waals surface area contributed by atoms with E-state index < -0.39 is 11.7 Å². The smallest absolute Gasteiger partial charge is 0.368 e. The van der Waals surface area contributed by atoms with E-state index in [1.165, 1.54) is 10.3 Å². The fraction of sp³-hybridized carbons (Fsp3) is 0.300. The predicted octanol–water partition coefficient (Wildman–Crippen LogP) is 5.49. The lowest BCUT2D eigenvalue weighted by molar-refractivity contribution is -0.137. The molecule has 1 amide bonds. The van der Waals surface area contributed by atoms with Crippen LogP contribution in [-0.4, -0.2) is 47.2 Å². The number of hydrogen-bond donors (Lipinski definition) is 1. The highest BCUT2D eigenvalue weighted by Gasteiger charge is 2.33. The van der Waals surface area contributed by atoms with Crippen LogP contribution in [0, 0.1) is 0 Å². The first-order valence-electron chi connectivity index (χ1n) is 9.52. The molecule has 4 heterocycles. The van der Waals surface area contributed by atoms with Gasteiger partial charge in [0, 0.05) is 48.7 Å². The number of thiophene rings is 1. The van der Waals surface area contributed by atoms with Crippen molar-refractivity contribution in [3.05, 3.63) is 50.9 Å². The number of amides is 1. The first kappa shape index (κ1) is 20.9. The van der Waals surface area contributed by atoms with Crippen LogP contribution in [0.15, 0.2) is 38.3 Å². The second-order valence-electron chi connectivity index (χ2n) is 7.29. The lowest BCUT2D eigenvalue weighted by atomic mass is 10.1. The van der Waals surface area contributed by atoms with Gasteiger partial charge in [0.1, 0.15) is 5.69 Å². The molecule has 0 aliphatic carbocycles. The monoisotopic (exact) mass is 528 g/mol. The number of carbonyl (C=O) groups is 1. The summed E-state index contributed by atoms with van der Waals surface area (Å²) in [4.78, 5) is 16.8. The average Bonchev–Trinajstić information content (AvgIpc) is 3.35. The second kappa shape index (κ2) is 7.86. The Balaban J connectivity index is 1.30. The third-order valence-electron chi connectivity index (χ3n) is 5.46. The zero-order valence-corrected chi connectivity index (χ0v) is 19.2. The average molecular weight is 529 g/mol. The summed E-state index contributed by atoms with van der Waals surface area (Å²) in [6.45, 7) is 1.82. The minimum absolute atomic E-state index is 0.115. The van der Waals surface area contributed by atoms with Crippen molar-refractivity contribution in [3.63, 3.8) is 0 Å². The topological polar surface area (TPSA) is 52.2 Å². The van der Waals surface area contributed by atoms with Gasteiger partial charge in [-0.3, -0.25) is 9.89 Å². The zero-order valence-electron chi connectivity index (χ0n) is 16.0. The van der Waals surface area contributed by atoms with Crippen LogP contribution in [0.5, 0.6) is 0 Å². The molecule has 0 bridgehead atoms. The van der Waals surface area contributed by atoms with Crippen LogP contribution < -0.4 is 4.90 Å². The molecule has 1 N–H and O–H groups in total.